The van der Waals surface area contributed by atoms with E-state index in [4.69, 9.17) is 42.4 Å². The summed E-state index contributed by atoms with van der Waals surface area (Å²) in [6, 6.07) is 3.35. The first-order chi connectivity index (χ1) is 22.3. The Bertz CT molecular complexity index is 1600. The van der Waals surface area contributed by atoms with Crippen molar-refractivity contribution in [1.29, 1.82) is 0 Å². The SMILES string of the molecule is C=CC(=O)N1CC(OCCn2c(=O)c(-c3c(Cl)c(OC)cc(OCCCC)c3Cl)cc3cnc(NCCCN4CCCC4)nc32)C1. The van der Waals surface area contributed by atoms with Gasteiger partial charge in [-0.15, -0.1) is 0 Å². The fourth-order valence-electron chi connectivity index (χ4n) is 5.71. The molecule has 2 fully saturated rings. The van der Waals surface area contributed by atoms with Crippen LogP contribution in [0.1, 0.15) is 39.0 Å². The summed E-state index contributed by atoms with van der Waals surface area (Å²) in [4.78, 5) is 39.5. The second-order valence-electron chi connectivity index (χ2n) is 11.5. The Morgan fingerprint density at radius 3 is 2.59 bits per heavy atom. The van der Waals surface area contributed by atoms with Crippen LogP contribution in [0.25, 0.3) is 22.2 Å². The Kier molecular flexibility index (Phi) is 11.8. The number of fused-ring (bicyclic) bond motifs is 1. The van der Waals surface area contributed by atoms with E-state index in [1.807, 2.05) is 0 Å². The van der Waals surface area contributed by atoms with E-state index in [-0.39, 0.29) is 46.3 Å². The second-order valence-corrected chi connectivity index (χ2v) is 12.3. The lowest BCUT2D eigenvalue weighted by molar-refractivity contribution is -0.139. The third-order valence-corrected chi connectivity index (χ3v) is 9.09. The Balaban J connectivity index is 1.46. The fraction of sp³-hybridized carbons (Fsp3) is 0.515. The molecule has 1 aromatic carbocycles. The summed E-state index contributed by atoms with van der Waals surface area (Å²) in [6.07, 6.45) is 8.13. The normalized spacial score (nSPS) is 15.3. The summed E-state index contributed by atoms with van der Waals surface area (Å²) < 4.78 is 19.1. The monoisotopic (exact) mass is 672 g/mol. The van der Waals surface area contributed by atoms with Crippen LogP contribution in [0.2, 0.25) is 10.0 Å². The zero-order valence-corrected chi connectivity index (χ0v) is 28.0. The number of nitrogens with one attached hydrogen (secondary N) is 1. The molecule has 13 heteroatoms. The molecule has 0 spiro atoms. The maximum atomic E-state index is 14.3. The minimum absolute atomic E-state index is 0.124. The van der Waals surface area contributed by atoms with Crippen LogP contribution < -0.4 is 20.3 Å². The van der Waals surface area contributed by atoms with Crippen molar-refractivity contribution in [3.63, 3.8) is 0 Å². The van der Waals surface area contributed by atoms with Gasteiger partial charge in [-0.2, -0.15) is 4.98 Å². The lowest BCUT2D eigenvalue weighted by Gasteiger charge is -2.38. The summed E-state index contributed by atoms with van der Waals surface area (Å²) in [5.74, 6) is 1.04. The minimum atomic E-state index is -0.344. The number of rotatable bonds is 16. The number of carbonyl (C=O) groups excluding carboxylic acids is 1. The predicted octanol–water partition coefficient (Wildman–Crippen LogP) is 5.26. The van der Waals surface area contributed by atoms with Gasteiger partial charge in [0.1, 0.15) is 17.1 Å². The Morgan fingerprint density at radius 1 is 1.11 bits per heavy atom. The highest BCUT2D eigenvalue weighted by Crippen LogP contribution is 2.45. The van der Waals surface area contributed by atoms with Crippen molar-refractivity contribution in [2.45, 2.75) is 51.7 Å². The van der Waals surface area contributed by atoms with Gasteiger partial charge in [0.25, 0.3) is 5.56 Å². The second kappa shape index (κ2) is 15.9. The number of hydrogen-bond acceptors (Lipinski definition) is 9. The van der Waals surface area contributed by atoms with Gasteiger partial charge < -0.3 is 29.3 Å². The van der Waals surface area contributed by atoms with Crippen molar-refractivity contribution >= 4 is 46.1 Å². The van der Waals surface area contributed by atoms with Crippen molar-refractivity contribution in [3.8, 4) is 22.6 Å². The van der Waals surface area contributed by atoms with Gasteiger partial charge in [0.05, 0.1) is 48.6 Å². The van der Waals surface area contributed by atoms with Crippen LogP contribution in [0, 0.1) is 0 Å². The first kappa shape index (κ1) is 34.0. The van der Waals surface area contributed by atoms with Crippen LogP contribution in [-0.2, 0) is 16.1 Å². The number of nitrogens with zero attached hydrogens (tertiary/aromatic N) is 5. The molecule has 1 amide bonds. The van der Waals surface area contributed by atoms with E-state index in [2.05, 4.69) is 28.7 Å². The Hall–Kier alpha value is -3.38. The largest absolute Gasteiger partial charge is 0.495 e. The highest BCUT2D eigenvalue weighted by atomic mass is 35.5. The third kappa shape index (κ3) is 7.76. The molecule has 2 aliphatic rings. The first-order valence-electron chi connectivity index (χ1n) is 15.9. The van der Waals surface area contributed by atoms with Crippen LogP contribution in [0.15, 0.2) is 35.8 Å². The highest BCUT2D eigenvalue weighted by molar-refractivity contribution is 6.41. The number of aromatic nitrogens is 3. The minimum Gasteiger partial charge on any atom is -0.495 e. The quantitative estimate of drug-likeness (QED) is 0.161. The number of ether oxygens (including phenoxy) is 3. The molecule has 0 atom stereocenters. The summed E-state index contributed by atoms with van der Waals surface area (Å²) in [5.41, 5.74) is 0.699. The Morgan fingerprint density at radius 2 is 1.87 bits per heavy atom. The van der Waals surface area contributed by atoms with Crippen molar-refractivity contribution in [2.75, 3.05) is 64.9 Å². The summed E-state index contributed by atoms with van der Waals surface area (Å²) in [6.45, 7) is 11.5. The lowest BCUT2D eigenvalue weighted by Crippen LogP contribution is -2.54. The lowest BCUT2D eigenvalue weighted by atomic mass is 10.0. The van der Waals surface area contributed by atoms with Gasteiger partial charge in [0.2, 0.25) is 11.9 Å². The number of carbonyl (C=O) groups is 1. The number of benzene rings is 1. The molecule has 2 aromatic heterocycles. The number of unbranched alkanes of at least 4 members (excludes halogenated alkanes) is 1. The number of anilines is 1. The zero-order chi connectivity index (χ0) is 32.6. The van der Waals surface area contributed by atoms with Crippen LogP contribution in [0.3, 0.4) is 0 Å². The van der Waals surface area contributed by atoms with Crippen molar-refractivity contribution in [1.82, 2.24) is 24.3 Å². The molecule has 248 valence electrons. The fourth-order valence-corrected chi connectivity index (χ4v) is 6.39. The molecule has 11 nitrogen and oxygen atoms in total. The predicted molar refractivity (Wildman–Crippen MR) is 182 cm³/mol. The molecule has 1 N–H and O–H groups in total. The maximum absolute atomic E-state index is 14.3. The number of methoxy groups -OCH3 is 1. The molecular weight excluding hydrogens is 631 g/mol. The molecule has 3 aromatic rings. The average Bonchev–Trinajstić information content (AvgIpc) is 3.56. The number of pyridine rings is 1. The molecule has 0 radical (unpaired) electrons. The summed E-state index contributed by atoms with van der Waals surface area (Å²) in [5, 5.41) is 4.37. The van der Waals surface area contributed by atoms with Gasteiger partial charge in [-0.25, -0.2) is 4.98 Å². The van der Waals surface area contributed by atoms with Crippen molar-refractivity contribution < 1.29 is 19.0 Å². The van der Waals surface area contributed by atoms with Crippen molar-refractivity contribution in [2.24, 2.45) is 0 Å². The molecule has 0 bridgehead atoms. The van der Waals surface area contributed by atoms with Crippen LogP contribution in [-0.4, -0.2) is 95.9 Å². The zero-order valence-electron chi connectivity index (χ0n) is 26.5. The van der Waals surface area contributed by atoms with Gasteiger partial charge >= 0.3 is 0 Å². The number of halogens is 2. The molecular formula is C33H42Cl2N6O5. The molecule has 5 rings (SSSR count). The van der Waals surface area contributed by atoms with E-state index in [0.29, 0.717) is 60.3 Å². The van der Waals surface area contributed by atoms with E-state index >= 15 is 0 Å². The number of likely N-dealkylation sites (tertiary alicyclic amines) is 2. The topological polar surface area (TPSA) is 111 Å². The van der Waals surface area contributed by atoms with Gasteiger partial charge in [0.15, 0.2) is 0 Å². The standard InChI is InChI=1S/C33H42Cl2N6O5/c1-4-6-15-46-26-18-25(44-3)29(34)28(30(26)35)24-17-22-19-37-33(36-10-9-13-39-11-7-8-12-39)38-31(22)41(32(24)43)14-16-45-23-20-40(21-23)27(42)5-2/h5,17-19,23H,2,4,6-16,20-21H2,1,3H3,(H,36,37,38). The molecule has 46 heavy (non-hydrogen) atoms. The van der Waals surface area contributed by atoms with E-state index in [1.165, 1.54) is 26.0 Å². The first-order valence-corrected chi connectivity index (χ1v) is 16.7. The Labute approximate surface area is 279 Å². The number of amides is 1. The molecule has 0 saturated carbocycles. The molecule has 2 saturated heterocycles. The van der Waals surface area contributed by atoms with Gasteiger partial charge in [-0.1, -0.05) is 43.1 Å². The van der Waals surface area contributed by atoms with E-state index in [1.54, 1.807) is 27.8 Å². The summed E-state index contributed by atoms with van der Waals surface area (Å²) in [7, 11) is 1.50. The van der Waals surface area contributed by atoms with Crippen molar-refractivity contribution in [3.05, 3.63) is 51.4 Å². The van der Waals surface area contributed by atoms with E-state index in [9.17, 15) is 9.59 Å². The van der Waals surface area contributed by atoms with E-state index < -0.39 is 0 Å². The third-order valence-electron chi connectivity index (χ3n) is 8.34. The highest BCUT2D eigenvalue weighted by Gasteiger charge is 2.30. The van der Waals surface area contributed by atoms with Gasteiger partial charge in [-0.3, -0.25) is 14.2 Å². The molecule has 0 unspecified atom stereocenters. The van der Waals surface area contributed by atoms with Crippen LogP contribution in [0.4, 0.5) is 5.95 Å². The molecule has 2 aliphatic heterocycles. The maximum Gasteiger partial charge on any atom is 0.260 e. The van der Waals surface area contributed by atoms with Gasteiger partial charge in [-0.05, 0) is 57.5 Å². The van der Waals surface area contributed by atoms with E-state index in [0.717, 1.165) is 38.9 Å². The molecule has 4 heterocycles. The van der Waals surface area contributed by atoms with Crippen LogP contribution >= 0.6 is 23.2 Å². The van der Waals surface area contributed by atoms with Crippen LogP contribution in [0.5, 0.6) is 11.5 Å². The summed E-state index contributed by atoms with van der Waals surface area (Å²) >= 11 is 13.7. The molecule has 0 aliphatic carbocycles. The number of hydrogen-bond donors (Lipinski definition) is 1. The smallest absolute Gasteiger partial charge is 0.260 e. The van der Waals surface area contributed by atoms with Gasteiger partial charge in [0, 0.05) is 42.8 Å². The average molecular weight is 674 g/mol.